The number of rotatable bonds is 4. The average Bonchev–Trinajstić information content (AvgIpc) is 3.11. The van der Waals surface area contributed by atoms with Crippen LogP contribution in [0, 0.1) is 11.6 Å². The van der Waals surface area contributed by atoms with Crippen LogP contribution in [0.2, 0.25) is 0 Å². The molecule has 0 bridgehead atoms. The molecule has 3 rings (SSSR count). The summed E-state index contributed by atoms with van der Waals surface area (Å²) in [6.07, 6.45) is 1.39. The lowest BCUT2D eigenvalue weighted by molar-refractivity contribution is 0.0994. The first-order valence-corrected chi connectivity index (χ1v) is 7.24. The van der Waals surface area contributed by atoms with E-state index in [1.54, 1.807) is 18.2 Å². The van der Waals surface area contributed by atoms with Crippen molar-refractivity contribution >= 4 is 23.2 Å². The Bertz CT molecular complexity index is 907. The molecule has 0 saturated carbocycles. The zero-order chi connectivity index (χ0) is 17.8. The van der Waals surface area contributed by atoms with Crippen LogP contribution < -0.4 is 10.6 Å². The molecule has 0 unspecified atom stereocenters. The molecule has 3 aromatic rings. The van der Waals surface area contributed by atoms with E-state index >= 15 is 0 Å². The van der Waals surface area contributed by atoms with Crippen molar-refractivity contribution in [3.63, 3.8) is 0 Å². The first-order valence-electron chi connectivity index (χ1n) is 7.24. The molecule has 2 N–H and O–H groups in total. The Morgan fingerprint density at radius 2 is 1.48 bits per heavy atom. The molecule has 0 fully saturated rings. The van der Waals surface area contributed by atoms with E-state index in [0.717, 1.165) is 12.1 Å². The smallest absolute Gasteiger partial charge is 0.291 e. The highest BCUT2D eigenvalue weighted by atomic mass is 19.1. The fraction of sp³-hybridized carbons (Fsp3) is 0. The van der Waals surface area contributed by atoms with Crippen molar-refractivity contribution in [2.24, 2.45) is 0 Å². The van der Waals surface area contributed by atoms with Gasteiger partial charge in [-0.15, -0.1) is 0 Å². The SMILES string of the molecule is O=C(Nc1ccc(NC(=O)c2ccc(F)cc2F)cc1)c1ccco1. The second-order valence-electron chi connectivity index (χ2n) is 5.09. The van der Waals surface area contributed by atoms with Crippen LogP contribution in [-0.2, 0) is 0 Å². The highest BCUT2D eigenvalue weighted by Gasteiger charge is 2.13. The molecule has 0 spiro atoms. The maximum atomic E-state index is 13.6. The molecule has 7 heteroatoms. The number of amides is 2. The lowest BCUT2D eigenvalue weighted by atomic mass is 10.2. The predicted molar refractivity (Wildman–Crippen MR) is 87.4 cm³/mol. The Kier molecular flexibility index (Phi) is 4.56. The lowest BCUT2D eigenvalue weighted by Crippen LogP contribution is -2.14. The van der Waals surface area contributed by atoms with Gasteiger partial charge in [-0.2, -0.15) is 0 Å². The van der Waals surface area contributed by atoms with Gasteiger partial charge in [0.1, 0.15) is 11.6 Å². The Labute approximate surface area is 141 Å². The third-order valence-electron chi connectivity index (χ3n) is 3.32. The molecule has 1 heterocycles. The number of anilines is 2. The Morgan fingerprint density at radius 1 is 0.840 bits per heavy atom. The van der Waals surface area contributed by atoms with Crippen molar-refractivity contribution < 1.29 is 22.8 Å². The zero-order valence-corrected chi connectivity index (χ0v) is 12.8. The summed E-state index contributed by atoms with van der Waals surface area (Å²) in [5.41, 5.74) is 0.619. The molecule has 0 aliphatic carbocycles. The number of nitrogens with one attached hydrogen (secondary N) is 2. The van der Waals surface area contributed by atoms with Gasteiger partial charge >= 0.3 is 0 Å². The van der Waals surface area contributed by atoms with E-state index in [1.165, 1.54) is 24.5 Å². The maximum absolute atomic E-state index is 13.6. The van der Waals surface area contributed by atoms with Crippen LogP contribution in [-0.4, -0.2) is 11.8 Å². The van der Waals surface area contributed by atoms with Gasteiger partial charge in [-0.05, 0) is 48.5 Å². The summed E-state index contributed by atoms with van der Waals surface area (Å²) < 4.78 is 31.4. The third kappa shape index (κ3) is 3.89. The number of halogens is 2. The number of benzene rings is 2. The average molecular weight is 342 g/mol. The van der Waals surface area contributed by atoms with Gasteiger partial charge in [-0.25, -0.2) is 8.78 Å². The van der Waals surface area contributed by atoms with Crippen LogP contribution in [0.25, 0.3) is 0 Å². The third-order valence-corrected chi connectivity index (χ3v) is 3.32. The summed E-state index contributed by atoms with van der Waals surface area (Å²) in [4.78, 5) is 23.8. The summed E-state index contributed by atoms with van der Waals surface area (Å²) in [6.45, 7) is 0. The van der Waals surface area contributed by atoms with E-state index in [-0.39, 0.29) is 11.3 Å². The topological polar surface area (TPSA) is 71.3 Å². The van der Waals surface area contributed by atoms with Crippen LogP contribution in [0.5, 0.6) is 0 Å². The van der Waals surface area contributed by atoms with E-state index in [9.17, 15) is 18.4 Å². The monoisotopic (exact) mass is 342 g/mol. The Hall–Kier alpha value is -3.48. The number of hydrogen-bond acceptors (Lipinski definition) is 3. The van der Waals surface area contributed by atoms with E-state index < -0.39 is 23.4 Å². The predicted octanol–water partition coefficient (Wildman–Crippen LogP) is 4.06. The minimum Gasteiger partial charge on any atom is -0.459 e. The van der Waals surface area contributed by atoms with Crippen molar-refractivity contribution in [2.75, 3.05) is 10.6 Å². The molecule has 5 nitrogen and oxygen atoms in total. The number of carbonyl (C=O) groups excluding carboxylic acids is 2. The van der Waals surface area contributed by atoms with E-state index in [1.807, 2.05) is 0 Å². The molecule has 0 atom stereocenters. The molecule has 1 aromatic heterocycles. The molecule has 0 aliphatic rings. The molecule has 2 aromatic carbocycles. The summed E-state index contributed by atoms with van der Waals surface area (Å²) in [5.74, 6) is -2.64. The quantitative estimate of drug-likeness (QED) is 0.751. The van der Waals surface area contributed by atoms with E-state index in [2.05, 4.69) is 10.6 Å². The van der Waals surface area contributed by atoms with Crippen molar-refractivity contribution in [2.45, 2.75) is 0 Å². The molecule has 25 heavy (non-hydrogen) atoms. The minimum absolute atomic E-state index is 0.171. The van der Waals surface area contributed by atoms with Gasteiger partial charge in [0.25, 0.3) is 11.8 Å². The minimum atomic E-state index is -0.945. The van der Waals surface area contributed by atoms with Crippen LogP contribution in [0.1, 0.15) is 20.9 Å². The fourth-order valence-corrected chi connectivity index (χ4v) is 2.11. The first-order chi connectivity index (χ1) is 12.0. The van der Waals surface area contributed by atoms with E-state index in [0.29, 0.717) is 17.4 Å². The largest absolute Gasteiger partial charge is 0.459 e. The molecule has 0 saturated heterocycles. The zero-order valence-electron chi connectivity index (χ0n) is 12.8. The maximum Gasteiger partial charge on any atom is 0.291 e. The summed E-state index contributed by atoms with van der Waals surface area (Å²) >= 11 is 0. The molecule has 0 radical (unpaired) electrons. The highest BCUT2D eigenvalue weighted by molar-refractivity contribution is 6.05. The Morgan fingerprint density at radius 3 is 2.04 bits per heavy atom. The van der Waals surface area contributed by atoms with Crippen LogP contribution in [0.15, 0.2) is 65.3 Å². The van der Waals surface area contributed by atoms with Gasteiger partial charge in [0.2, 0.25) is 0 Å². The summed E-state index contributed by atoms with van der Waals surface area (Å²) in [6, 6.07) is 12.1. The van der Waals surface area contributed by atoms with Crippen molar-refractivity contribution in [1.82, 2.24) is 0 Å². The molecular weight excluding hydrogens is 330 g/mol. The van der Waals surface area contributed by atoms with Gasteiger partial charge in [0, 0.05) is 17.4 Å². The van der Waals surface area contributed by atoms with Gasteiger partial charge in [-0.1, -0.05) is 0 Å². The van der Waals surface area contributed by atoms with Crippen molar-refractivity contribution in [3.05, 3.63) is 83.8 Å². The number of furan rings is 1. The molecule has 2 amide bonds. The standard InChI is InChI=1S/C18H12F2N2O3/c19-11-3-8-14(15(20)10-11)17(23)21-12-4-6-13(7-5-12)22-18(24)16-2-1-9-25-16/h1-10H,(H,21,23)(H,22,24). The fourth-order valence-electron chi connectivity index (χ4n) is 2.11. The Balaban J connectivity index is 1.66. The molecule has 126 valence electrons. The van der Waals surface area contributed by atoms with Crippen LogP contribution >= 0.6 is 0 Å². The van der Waals surface area contributed by atoms with Crippen LogP contribution in [0.4, 0.5) is 20.2 Å². The van der Waals surface area contributed by atoms with Gasteiger partial charge in [-0.3, -0.25) is 9.59 Å². The first kappa shape index (κ1) is 16.4. The van der Waals surface area contributed by atoms with Gasteiger partial charge in [0.15, 0.2) is 5.76 Å². The van der Waals surface area contributed by atoms with E-state index in [4.69, 9.17) is 4.42 Å². The highest BCUT2D eigenvalue weighted by Crippen LogP contribution is 2.17. The van der Waals surface area contributed by atoms with Crippen LogP contribution in [0.3, 0.4) is 0 Å². The second kappa shape index (κ2) is 6.96. The number of hydrogen-bond donors (Lipinski definition) is 2. The summed E-state index contributed by atoms with van der Waals surface area (Å²) in [5, 5.41) is 5.12. The second-order valence-corrected chi connectivity index (χ2v) is 5.09. The molecule has 0 aliphatic heterocycles. The lowest BCUT2D eigenvalue weighted by Gasteiger charge is -2.08. The van der Waals surface area contributed by atoms with Gasteiger partial charge in [0.05, 0.1) is 11.8 Å². The summed E-state index contributed by atoms with van der Waals surface area (Å²) in [7, 11) is 0. The van der Waals surface area contributed by atoms with Gasteiger partial charge < -0.3 is 15.1 Å². The number of carbonyl (C=O) groups is 2. The normalized spacial score (nSPS) is 10.3. The van der Waals surface area contributed by atoms with Crippen molar-refractivity contribution in [3.8, 4) is 0 Å². The molecular formula is C18H12F2N2O3. The van der Waals surface area contributed by atoms with Crippen molar-refractivity contribution in [1.29, 1.82) is 0 Å².